The van der Waals surface area contributed by atoms with Crippen LogP contribution < -0.4 is 10.9 Å². The van der Waals surface area contributed by atoms with Gasteiger partial charge in [0.2, 0.25) is 11.8 Å². The molecule has 2 amide bonds. The van der Waals surface area contributed by atoms with Gasteiger partial charge in [0.1, 0.15) is 0 Å². The molecule has 0 atom stereocenters. The summed E-state index contributed by atoms with van der Waals surface area (Å²) in [6, 6.07) is 19.0. The zero-order valence-corrected chi connectivity index (χ0v) is 15.2. The van der Waals surface area contributed by atoms with Crippen molar-refractivity contribution in [1.29, 1.82) is 0 Å². The van der Waals surface area contributed by atoms with E-state index in [-0.39, 0.29) is 11.8 Å². The summed E-state index contributed by atoms with van der Waals surface area (Å²) in [7, 11) is 0. The van der Waals surface area contributed by atoms with Crippen molar-refractivity contribution in [3.8, 4) is 0 Å². The van der Waals surface area contributed by atoms with Crippen molar-refractivity contribution in [2.24, 2.45) is 10.2 Å². The van der Waals surface area contributed by atoms with Crippen molar-refractivity contribution in [3.05, 3.63) is 71.8 Å². The van der Waals surface area contributed by atoms with E-state index in [4.69, 9.17) is 0 Å². The number of nitrogens with one attached hydrogen (secondary N) is 2. The van der Waals surface area contributed by atoms with Crippen LogP contribution in [0.2, 0.25) is 0 Å². The molecule has 0 radical (unpaired) electrons. The highest BCUT2D eigenvalue weighted by atomic mass is 16.2. The van der Waals surface area contributed by atoms with Gasteiger partial charge in [0.25, 0.3) is 0 Å². The molecule has 0 fully saturated rings. The third-order valence-corrected chi connectivity index (χ3v) is 3.64. The van der Waals surface area contributed by atoms with E-state index in [1.807, 2.05) is 60.7 Å². The molecular weight excluding hydrogens is 340 g/mol. The lowest BCUT2D eigenvalue weighted by atomic mass is 10.1. The summed E-state index contributed by atoms with van der Waals surface area (Å²) in [5.41, 5.74) is 6.93. The molecule has 140 valence electrons. The Labute approximate surface area is 159 Å². The van der Waals surface area contributed by atoms with Crippen LogP contribution in [0.5, 0.6) is 0 Å². The Kier molecular flexibility index (Phi) is 9.01. The molecule has 27 heavy (non-hydrogen) atoms. The first-order valence-corrected chi connectivity index (χ1v) is 8.92. The lowest BCUT2D eigenvalue weighted by Crippen LogP contribution is -2.19. The van der Waals surface area contributed by atoms with E-state index < -0.39 is 0 Å². The largest absolute Gasteiger partial charge is 0.273 e. The Hall–Kier alpha value is -3.28. The summed E-state index contributed by atoms with van der Waals surface area (Å²) in [5, 5.41) is 7.84. The molecular formula is C21H24N4O2. The first kappa shape index (κ1) is 20.0. The summed E-state index contributed by atoms with van der Waals surface area (Å²) >= 11 is 0. The van der Waals surface area contributed by atoms with Gasteiger partial charge in [0.05, 0.1) is 12.8 Å². The average Bonchev–Trinajstić information content (AvgIpc) is 2.68. The Balaban J connectivity index is 1.51. The van der Waals surface area contributed by atoms with E-state index in [1.54, 1.807) is 12.4 Å². The predicted molar refractivity (Wildman–Crippen MR) is 107 cm³/mol. The topological polar surface area (TPSA) is 82.9 Å². The molecule has 2 rings (SSSR count). The maximum atomic E-state index is 11.7. The molecule has 0 unspecified atom stereocenters. The first-order valence-electron chi connectivity index (χ1n) is 8.92. The van der Waals surface area contributed by atoms with Gasteiger partial charge in [-0.3, -0.25) is 9.59 Å². The van der Waals surface area contributed by atoms with Gasteiger partial charge in [-0.2, -0.15) is 10.2 Å². The molecule has 0 aliphatic carbocycles. The van der Waals surface area contributed by atoms with Crippen molar-refractivity contribution in [2.45, 2.75) is 32.1 Å². The number of hydrogen-bond donors (Lipinski definition) is 2. The molecule has 2 aromatic rings. The van der Waals surface area contributed by atoms with Crippen molar-refractivity contribution in [3.63, 3.8) is 0 Å². The summed E-state index contributed by atoms with van der Waals surface area (Å²) in [6.45, 7) is 0. The Morgan fingerprint density at radius 3 is 1.52 bits per heavy atom. The van der Waals surface area contributed by atoms with E-state index >= 15 is 0 Å². The maximum absolute atomic E-state index is 11.7. The highest BCUT2D eigenvalue weighted by Crippen LogP contribution is 2.00. The normalized spacial score (nSPS) is 11.0. The minimum absolute atomic E-state index is 0.139. The molecule has 2 N–H and O–H groups in total. The van der Waals surface area contributed by atoms with Crippen LogP contribution in [0.3, 0.4) is 0 Å². The van der Waals surface area contributed by atoms with Crippen molar-refractivity contribution in [2.75, 3.05) is 0 Å². The minimum atomic E-state index is -0.139. The van der Waals surface area contributed by atoms with Crippen LogP contribution in [-0.4, -0.2) is 24.2 Å². The quantitative estimate of drug-likeness (QED) is 0.386. The number of hydrazone groups is 2. The summed E-state index contributed by atoms with van der Waals surface area (Å²) < 4.78 is 0. The molecule has 0 aliphatic rings. The first-order chi connectivity index (χ1) is 13.2. The molecule has 0 saturated heterocycles. The fraction of sp³-hybridized carbons (Fsp3) is 0.238. The van der Waals surface area contributed by atoms with Crippen LogP contribution in [0, 0.1) is 0 Å². The zero-order chi connectivity index (χ0) is 19.2. The molecule has 0 aliphatic heterocycles. The van der Waals surface area contributed by atoms with Crippen LogP contribution in [-0.2, 0) is 22.4 Å². The maximum Gasteiger partial charge on any atom is 0.244 e. The van der Waals surface area contributed by atoms with Crippen LogP contribution in [0.15, 0.2) is 70.9 Å². The summed E-state index contributed by atoms with van der Waals surface area (Å²) in [4.78, 5) is 23.4. The number of rotatable bonds is 10. The van der Waals surface area contributed by atoms with Gasteiger partial charge < -0.3 is 0 Å². The second-order valence-corrected chi connectivity index (χ2v) is 5.95. The number of nitrogens with zero attached hydrogens (tertiary/aromatic N) is 2. The number of carbonyl (C=O) groups is 2. The second-order valence-electron chi connectivity index (χ2n) is 5.95. The van der Waals surface area contributed by atoms with E-state index in [2.05, 4.69) is 21.1 Å². The standard InChI is InChI=1S/C21H24N4O2/c26-20(16-18-10-4-1-5-11-18)24-22-14-8-3-9-15-23-25-21(27)17-19-12-6-2-7-13-19/h1-2,4-7,10-15H,3,8-9,16-17H2,(H,24,26)(H,25,27)/b22-14+,23-15+. The van der Waals surface area contributed by atoms with E-state index in [1.165, 1.54) is 0 Å². The van der Waals surface area contributed by atoms with Gasteiger partial charge in [-0.15, -0.1) is 0 Å². The van der Waals surface area contributed by atoms with Gasteiger partial charge in [0.15, 0.2) is 0 Å². The minimum Gasteiger partial charge on any atom is -0.273 e. The van der Waals surface area contributed by atoms with Crippen molar-refractivity contribution in [1.82, 2.24) is 10.9 Å². The third kappa shape index (κ3) is 9.11. The van der Waals surface area contributed by atoms with E-state index in [0.717, 1.165) is 30.4 Å². The summed E-state index contributed by atoms with van der Waals surface area (Å²) in [6.07, 6.45) is 6.23. The van der Waals surface area contributed by atoms with Crippen LogP contribution in [0.1, 0.15) is 30.4 Å². The second kappa shape index (κ2) is 12.1. The van der Waals surface area contributed by atoms with Gasteiger partial charge >= 0.3 is 0 Å². The molecule has 0 saturated carbocycles. The highest BCUT2D eigenvalue weighted by molar-refractivity contribution is 5.79. The van der Waals surface area contributed by atoms with Crippen LogP contribution in [0.4, 0.5) is 0 Å². The molecule has 0 bridgehead atoms. The molecule has 0 heterocycles. The molecule has 2 aromatic carbocycles. The average molecular weight is 364 g/mol. The Morgan fingerprint density at radius 2 is 1.11 bits per heavy atom. The molecule has 6 heteroatoms. The molecule has 0 aromatic heterocycles. The smallest absolute Gasteiger partial charge is 0.244 e. The Morgan fingerprint density at radius 1 is 0.704 bits per heavy atom. The Bertz CT molecular complexity index is 693. The van der Waals surface area contributed by atoms with Gasteiger partial charge in [0, 0.05) is 12.4 Å². The highest BCUT2D eigenvalue weighted by Gasteiger charge is 2.01. The SMILES string of the molecule is O=C(Cc1ccccc1)N/N=C/CCC/C=N/NC(=O)Cc1ccccc1. The number of amides is 2. The van der Waals surface area contributed by atoms with Crippen LogP contribution >= 0.6 is 0 Å². The van der Waals surface area contributed by atoms with Gasteiger partial charge in [-0.25, -0.2) is 10.9 Å². The molecule has 6 nitrogen and oxygen atoms in total. The van der Waals surface area contributed by atoms with Gasteiger partial charge in [-0.05, 0) is 30.4 Å². The van der Waals surface area contributed by atoms with E-state index in [9.17, 15) is 9.59 Å². The molecule has 0 spiro atoms. The lowest BCUT2D eigenvalue weighted by Gasteiger charge is -2.00. The van der Waals surface area contributed by atoms with Crippen molar-refractivity contribution < 1.29 is 9.59 Å². The zero-order valence-electron chi connectivity index (χ0n) is 15.2. The van der Waals surface area contributed by atoms with Gasteiger partial charge in [-0.1, -0.05) is 60.7 Å². The fourth-order valence-corrected chi connectivity index (χ4v) is 2.31. The lowest BCUT2D eigenvalue weighted by molar-refractivity contribution is -0.121. The monoisotopic (exact) mass is 364 g/mol. The third-order valence-electron chi connectivity index (χ3n) is 3.64. The summed E-state index contributed by atoms with van der Waals surface area (Å²) in [5.74, 6) is -0.278. The number of benzene rings is 2. The number of carbonyl (C=O) groups excluding carboxylic acids is 2. The fourth-order valence-electron chi connectivity index (χ4n) is 2.31. The predicted octanol–water partition coefficient (Wildman–Crippen LogP) is 2.85. The number of unbranched alkanes of at least 4 members (excludes halogenated alkanes) is 2. The van der Waals surface area contributed by atoms with E-state index in [0.29, 0.717) is 12.8 Å². The van der Waals surface area contributed by atoms with Crippen LogP contribution in [0.25, 0.3) is 0 Å². The number of hydrogen-bond acceptors (Lipinski definition) is 4. The van der Waals surface area contributed by atoms with Crippen molar-refractivity contribution >= 4 is 24.2 Å².